The first-order valence-electron chi connectivity index (χ1n) is 5.57. The average Bonchev–Trinajstić information content (AvgIpc) is 2.05. The SMILES string of the molecule is CC.CC1CC2(CCCN(C)C2)O1. The number of likely N-dealkylation sites (tertiary alicyclic amines) is 1. The van der Waals surface area contributed by atoms with Crippen LogP contribution in [0.5, 0.6) is 0 Å². The zero-order valence-corrected chi connectivity index (χ0v) is 9.47. The first-order chi connectivity index (χ1) is 6.20. The standard InChI is InChI=1S/C9H17NO.C2H6/c1-8-6-9(11-8)4-3-5-10(2)7-9;1-2/h8H,3-7H2,1-2H3;1-2H3. The Morgan fingerprint density at radius 3 is 2.46 bits per heavy atom. The van der Waals surface area contributed by atoms with Crippen LogP contribution in [0, 0.1) is 0 Å². The molecule has 0 N–H and O–H groups in total. The molecule has 1 spiro atoms. The van der Waals surface area contributed by atoms with Crippen LogP contribution < -0.4 is 0 Å². The van der Waals surface area contributed by atoms with Crippen LogP contribution in [0.25, 0.3) is 0 Å². The molecule has 13 heavy (non-hydrogen) atoms. The molecule has 2 nitrogen and oxygen atoms in total. The van der Waals surface area contributed by atoms with E-state index in [4.69, 9.17) is 4.74 Å². The summed E-state index contributed by atoms with van der Waals surface area (Å²) in [5.74, 6) is 0. The molecular weight excluding hydrogens is 162 g/mol. The van der Waals surface area contributed by atoms with Crippen LogP contribution in [0.15, 0.2) is 0 Å². The third kappa shape index (κ3) is 2.44. The lowest BCUT2D eigenvalue weighted by Crippen LogP contribution is -2.58. The largest absolute Gasteiger partial charge is 0.371 e. The molecule has 2 atom stereocenters. The van der Waals surface area contributed by atoms with Gasteiger partial charge in [-0.25, -0.2) is 0 Å². The fourth-order valence-electron chi connectivity index (χ4n) is 2.53. The van der Waals surface area contributed by atoms with Gasteiger partial charge in [0.25, 0.3) is 0 Å². The van der Waals surface area contributed by atoms with Gasteiger partial charge in [-0.2, -0.15) is 0 Å². The van der Waals surface area contributed by atoms with E-state index < -0.39 is 0 Å². The lowest BCUT2D eigenvalue weighted by Gasteiger charge is -2.51. The van der Waals surface area contributed by atoms with E-state index >= 15 is 0 Å². The lowest BCUT2D eigenvalue weighted by molar-refractivity contribution is -0.218. The third-order valence-electron chi connectivity index (χ3n) is 2.84. The minimum atomic E-state index is 0.270. The summed E-state index contributed by atoms with van der Waals surface area (Å²) in [7, 11) is 2.19. The summed E-state index contributed by atoms with van der Waals surface area (Å²) in [4.78, 5) is 2.38. The fourth-order valence-corrected chi connectivity index (χ4v) is 2.53. The second-order valence-electron chi connectivity index (χ2n) is 4.16. The van der Waals surface area contributed by atoms with Gasteiger partial charge in [-0.3, -0.25) is 0 Å². The lowest BCUT2D eigenvalue weighted by atomic mass is 9.82. The zero-order valence-electron chi connectivity index (χ0n) is 9.47. The van der Waals surface area contributed by atoms with E-state index in [2.05, 4.69) is 18.9 Å². The van der Waals surface area contributed by atoms with Gasteiger partial charge in [0.2, 0.25) is 0 Å². The number of nitrogens with zero attached hydrogens (tertiary/aromatic N) is 1. The number of likely N-dealkylation sites (N-methyl/N-ethyl adjacent to an activating group) is 1. The molecule has 0 radical (unpaired) electrons. The molecule has 0 bridgehead atoms. The number of hydrogen-bond acceptors (Lipinski definition) is 2. The molecular formula is C11H23NO. The molecule has 0 aromatic carbocycles. The summed E-state index contributed by atoms with van der Waals surface area (Å²) >= 11 is 0. The molecule has 2 fully saturated rings. The van der Waals surface area contributed by atoms with Gasteiger partial charge in [0.05, 0.1) is 11.7 Å². The van der Waals surface area contributed by atoms with E-state index in [0.29, 0.717) is 6.10 Å². The summed E-state index contributed by atoms with van der Waals surface area (Å²) in [6.07, 6.45) is 4.38. The molecule has 2 aliphatic rings. The van der Waals surface area contributed by atoms with Crippen molar-refractivity contribution in [3.05, 3.63) is 0 Å². The predicted molar refractivity (Wildman–Crippen MR) is 56.0 cm³/mol. The fraction of sp³-hybridized carbons (Fsp3) is 1.00. The Balaban J connectivity index is 0.000000396. The molecule has 0 saturated carbocycles. The van der Waals surface area contributed by atoms with Crippen LogP contribution in [-0.4, -0.2) is 36.7 Å². The normalized spacial score (nSPS) is 39.2. The van der Waals surface area contributed by atoms with Crippen molar-refractivity contribution in [1.29, 1.82) is 0 Å². The predicted octanol–water partition coefficient (Wildman–Crippen LogP) is 2.29. The highest BCUT2D eigenvalue weighted by atomic mass is 16.5. The maximum absolute atomic E-state index is 5.80. The van der Waals surface area contributed by atoms with Gasteiger partial charge in [0, 0.05) is 13.0 Å². The molecule has 0 aromatic rings. The molecule has 0 amide bonds. The number of rotatable bonds is 0. The highest BCUT2D eigenvalue weighted by Crippen LogP contribution is 2.39. The van der Waals surface area contributed by atoms with Crippen LogP contribution in [0.1, 0.15) is 40.0 Å². The molecule has 2 aliphatic heterocycles. The summed E-state index contributed by atoms with van der Waals surface area (Å²) in [6.45, 7) is 8.57. The van der Waals surface area contributed by atoms with Crippen molar-refractivity contribution in [2.75, 3.05) is 20.1 Å². The Labute approximate surface area is 82.3 Å². The van der Waals surface area contributed by atoms with Crippen LogP contribution in [0.3, 0.4) is 0 Å². The number of hydrogen-bond donors (Lipinski definition) is 0. The maximum atomic E-state index is 5.80. The van der Waals surface area contributed by atoms with Crippen LogP contribution >= 0.6 is 0 Å². The second-order valence-corrected chi connectivity index (χ2v) is 4.16. The van der Waals surface area contributed by atoms with Crippen LogP contribution in [0.2, 0.25) is 0 Å². The average molecular weight is 185 g/mol. The Bertz CT molecular complexity index is 147. The van der Waals surface area contributed by atoms with Crippen molar-refractivity contribution in [2.45, 2.75) is 51.7 Å². The van der Waals surface area contributed by atoms with E-state index in [-0.39, 0.29) is 5.60 Å². The quantitative estimate of drug-likeness (QED) is 0.574. The van der Waals surface area contributed by atoms with Gasteiger partial charge in [-0.1, -0.05) is 13.8 Å². The van der Waals surface area contributed by atoms with Crippen molar-refractivity contribution in [3.8, 4) is 0 Å². The van der Waals surface area contributed by atoms with Crippen LogP contribution in [0.4, 0.5) is 0 Å². The zero-order chi connectivity index (χ0) is 9.90. The van der Waals surface area contributed by atoms with Gasteiger partial charge in [0.15, 0.2) is 0 Å². The minimum absolute atomic E-state index is 0.270. The number of piperidine rings is 1. The van der Waals surface area contributed by atoms with Gasteiger partial charge in [-0.15, -0.1) is 0 Å². The first kappa shape index (κ1) is 11.0. The second kappa shape index (κ2) is 4.43. The summed E-state index contributed by atoms with van der Waals surface area (Å²) < 4.78 is 5.80. The topological polar surface area (TPSA) is 12.5 Å². The van der Waals surface area contributed by atoms with Gasteiger partial charge < -0.3 is 9.64 Å². The highest BCUT2D eigenvalue weighted by molar-refractivity contribution is 4.96. The van der Waals surface area contributed by atoms with Gasteiger partial charge >= 0.3 is 0 Å². The van der Waals surface area contributed by atoms with E-state index in [1.165, 1.54) is 25.8 Å². The smallest absolute Gasteiger partial charge is 0.0837 e. The monoisotopic (exact) mass is 185 g/mol. The summed E-state index contributed by atoms with van der Waals surface area (Å²) in [5.41, 5.74) is 0.270. The Kier molecular flexibility index (Phi) is 3.74. The molecule has 2 saturated heterocycles. The Morgan fingerprint density at radius 1 is 1.38 bits per heavy atom. The molecule has 2 heterocycles. The Morgan fingerprint density at radius 2 is 2.00 bits per heavy atom. The maximum Gasteiger partial charge on any atom is 0.0837 e. The van der Waals surface area contributed by atoms with Crippen LogP contribution in [-0.2, 0) is 4.74 Å². The molecule has 2 heteroatoms. The Hall–Kier alpha value is -0.0800. The van der Waals surface area contributed by atoms with E-state index in [1.807, 2.05) is 13.8 Å². The van der Waals surface area contributed by atoms with Gasteiger partial charge in [-0.05, 0) is 33.4 Å². The van der Waals surface area contributed by atoms with E-state index in [1.54, 1.807) is 0 Å². The summed E-state index contributed by atoms with van der Waals surface area (Å²) in [6, 6.07) is 0. The van der Waals surface area contributed by atoms with E-state index in [0.717, 1.165) is 6.54 Å². The molecule has 2 unspecified atom stereocenters. The van der Waals surface area contributed by atoms with Crippen molar-refractivity contribution >= 4 is 0 Å². The van der Waals surface area contributed by atoms with Crippen molar-refractivity contribution in [2.24, 2.45) is 0 Å². The van der Waals surface area contributed by atoms with Crippen molar-refractivity contribution < 1.29 is 4.74 Å². The van der Waals surface area contributed by atoms with Crippen molar-refractivity contribution in [1.82, 2.24) is 4.90 Å². The molecule has 78 valence electrons. The summed E-state index contributed by atoms with van der Waals surface area (Å²) in [5, 5.41) is 0. The van der Waals surface area contributed by atoms with Crippen molar-refractivity contribution in [3.63, 3.8) is 0 Å². The third-order valence-corrected chi connectivity index (χ3v) is 2.84. The minimum Gasteiger partial charge on any atom is -0.371 e. The first-order valence-corrected chi connectivity index (χ1v) is 5.57. The molecule has 2 rings (SSSR count). The molecule has 0 aliphatic carbocycles. The van der Waals surface area contributed by atoms with E-state index in [9.17, 15) is 0 Å². The highest BCUT2D eigenvalue weighted by Gasteiger charge is 2.45. The van der Waals surface area contributed by atoms with Gasteiger partial charge in [0.1, 0.15) is 0 Å². The molecule has 0 aromatic heterocycles. The number of ether oxygens (including phenoxy) is 1.